The number of aromatic nitrogens is 3. The largest absolute Gasteiger partial charge is 0.435 e. The lowest BCUT2D eigenvalue weighted by Gasteiger charge is -2.10. The van der Waals surface area contributed by atoms with E-state index in [1.165, 1.54) is 37.4 Å². The van der Waals surface area contributed by atoms with E-state index in [0.29, 0.717) is 16.9 Å². The molecule has 0 bridgehead atoms. The number of alkyl halides is 3. The highest BCUT2D eigenvalue weighted by atomic mass is 19.4. The molecule has 0 unspecified atom stereocenters. The van der Waals surface area contributed by atoms with E-state index < -0.39 is 23.7 Å². The second kappa shape index (κ2) is 8.49. The number of aliphatic hydroxyl groups excluding tert-OH is 1. The van der Waals surface area contributed by atoms with Gasteiger partial charge in [0.1, 0.15) is 5.82 Å². The van der Waals surface area contributed by atoms with Gasteiger partial charge in [-0.05, 0) is 42.8 Å². The van der Waals surface area contributed by atoms with Crippen LogP contribution in [0.1, 0.15) is 22.6 Å². The maximum atomic E-state index is 13.9. The lowest BCUT2D eigenvalue weighted by molar-refractivity contribution is -0.141. The molecule has 11 heteroatoms. The quantitative estimate of drug-likeness (QED) is 0.548. The highest BCUT2D eigenvalue weighted by Gasteiger charge is 2.35. The number of hydrogen-bond donors (Lipinski definition) is 3. The van der Waals surface area contributed by atoms with Crippen molar-refractivity contribution >= 4 is 11.7 Å². The summed E-state index contributed by atoms with van der Waals surface area (Å²) < 4.78 is 54.2. The molecule has 0 aliphatic heterocycles. The summed E-state index contributed by atoms with van der Waals surface area (Å²) in [6.45, 7) is 0.974. The molecule has 2 aromatic heterocycles. The summed E-state index contributed by atoms with van der Waals surface area (Å²) >= 11 is 0. The summed E-state index contributed by atoms with van der Waals surface area (Å²) in [5.41, 5.74) is 0.0139. The molecule has 7 nitrogen and oxygen atoms in total. The van der Waals surface area contributed by atoms with E-state index in [9.17, 15) is 22.4 Å². The van der Waals surface area contributed by atoms with Crippen LogP contribution in [0.25, 0.3) is 5.69 Å². The number of aryl methyl sites for hydroxylation is 1. The van der Waals surface area contributed by atoms with E-state index in [1.807, 2.05) is 0 Å². The molecule has 3 N–H and O–H groups in total. The normalized spacial score (nSPS) is 11.4. The molecule has 0 saturated carbocycles. The molecule has 3 aromatic rings. The first-order valence-electron chi connectivity index (χ1n) is 8.70. The number of hydrogen-bond acceptors (Lipinski definition) is 4. The van der Waals surface area contributed by atoms with Gasteiger partial charge < -0.3 is 15.7 Å². The first-order valence-corrected chi connectivity index (χ1v) is 8.70. The van der Waals surface area contributed by atoms with Gasteiger partial charge in [0.15, 0.2) is 5.69 Å². The zero-order chi connectivity index (χ0) is 21.9. The number of nitrogens with zero attached hydrogens (tertiary/aromatic N) is 3. The maximum absolute atomic E-state index is 13.9. The Balaban J connectivity index is 1.79. The summed E-state index contributed by atoms with van der Waals surface area (Å²) in [5, 5.41) is 17.4. The van der Waals surface area contributed by atoms with E-state index in [1.54, 1.807) is 0 Å². The van der Waals surface area contributed by atoms with Crippen LogP contribution in [0.15, 0.2) is 42.6 Å². The zero-order valence-electron chi connectivity index (χ0n) is 15.7. The summed E-state index contributed by atoms with van der Waals surface area (Å²) in [4.78, 5) is 16.0. The number of aliphatic hydroxyl groups is 1. The van der Waals surface area contributed by atoms with Crippen molar-refractivity contribution in [1.82, 2.24) is 20.1 Å². The third-order valence-corrected chi connectivity index (χ3v) is 4.15. The van der Waals surface area contributed by atoms with Crippen LogP contribution in [0.2, 0.25) is 0 Å². The molecule has 0 fully saturated rings. The van der Waals surface area contributed by atoms with Crippen molar-refractivity contribution in [3.63, 3.8) is 0 Å². The molecule has 0 aliphatic rings. The first-order chi connectivity index (χ1) is 14.2. The molecule has 0 atom stereocenters. The predicted octanol–water partition coefficient (Wildman–Crippen LogP) is 3.55. The lowest BCUT2D eigenvalue weighted by Crippen LogP contribution is -2.29. The van der Waals surface area contributed by atoms with E-state index in [0.717, 1.165) is 16.8 Å². The van der Waals surface area contributed by atoms with Gasteiger partial charge in [-0.2, -0.15) is 18.3 Å². The van der Waals surface area contributed by atoms with Gasteiger partial charge in [0, 0.05) is 0 Å². The van der Waals surface area contributed by atoms with Crippen molar-refractivity contribution in [2.24, 2.45) is 0 Å². The molecule has 0 saturated heterocycles. The highest BCUT2D eigenvalue weighted by molar-refractivity contribution is 5.88. The Hall–Kier alpha value is -3.47. The van der Waals surface area contributed by atoms with Crippen LogP contribution >= 0.6 is 0 Å². The Morgan fingerprint density at radius 3 is 2.57 bits per heavy atom. The number of carbonyl (C=O) groups excluding carboxylic acids is 1. The molecule has 2 amide bonds. The minimum absolute atomic E-state index is 0.00878. The fourth-order valence-corrected chi connectivity index (χ4v) is 2.56. The monoisotopic (exact) mass is 423 g/mol. The van der Waals surface area contributed by atoms with E-state index in [-0.39, 0.29) is 24.5 Å². The van der Waals surface area contributed by atoms with Gasteiger partial charge in [-0.15, -0.1) is 0 Å². The Morgan fingerprint density at radius 2 is 1.97 bits per heavy atom. The zero-order valence-corrected chi connectivity index (χ0v) is 15.7. The van der Waals surface area contributed by atoms with Crippen LogP contribution in [-0.2, 0) is 19.3 Å². The van der Waals surface area contributed by atoms with E-state index >= 15 is 0 Å². The highest BCUT2D eigenvalue weighted by Crippen LogP contribution is 2.29. The summed E-state index contributed by atoms with van der Waals surface area (Å²) in [5.74, 6) is -0.591. The van der Waals surface area contributed by atoms with Crippen LogP contribution in [-0.4, -0.2) is 25.9 Å². The van der Waals surface area contributed by atoms with Crippen molar-refractivity contribution in [2.75, 3.05) is 5.32 Å². The van der Waals surface area contributed by atoms with Crippen LogP contribution in [0.3, 0.4) is 0 Å². The smallest absolute Gasteiger partial charge is 0.390 e. The number of benzene rings is 1. The third-order valence-electron chi connectivity index (χ3n) is 4.15. The molecular formula is C19H17F4N5O2. The van der Waals surface area contributed by atoms with Crippen molar-refractivity contribution in [2.45, 2.75) is 26.3 Å². The van der Waals surface area contributed by atoms with Crippen molar-refractivity contribution in [3.8, 4) is 5.69 Å². The number of nitrogens with one attached hydrogen (secondary N) is 2. The molecule has 1 aromatic carbocycles. The number of amides is 2. The van der Waals surface area contributed by atoms with Gasteiger partial charge in [-0.1, -0.05) is 6.07 Å². The molecule has 0 spiro atoms. The summed E-state index contributed by atoms with van der Waals surface area (Å²) in [7, 11) is 0. The molecular weight excluding hydrogens is 406 g/mol. The van der Waals surface area contributed by atoms with Gasteiger partial charge in [-0.25, -0.2) is 13.9 Å². The topological polar surface area (TPSA) is 92.1 Å². The number of rotatable bonds is 5. The standard InChI is InChI=1S/C19H17F4N5O2/c1-11-2-5-14(6-16(11)20)28-15(7-17(27-28)19(21,22)23)9-25-18(30)26-12-3-4-13(10-29)24-8-12/h2-8,29H,9-10H2,1H3,(H2,25,26,30). The number of carbonyl (C=O) groups is 1. The summed E-state index contributed by atoms with van der Waals surface area (Å²) in [6.07, 6.45) is -3.38. The van der Waals surface area contributed by atoms with Crippen molar-refractivity contribution in [3.05, 3.63) is 71.1 Å². The van der Waals surface area contributed by atoms with E-state index in [4.69, 9.17) is 5.11 Å². The Labute approximate surface area is 168 Å². The van der Waals surface area contributed by atoms with Crippen LogP contribution in [0.5, 0.6) is 0 Å². The average Bonchev–Trinajstić information content (AvgIpc) is 3.14. The predicted molar refractivity (Wildman–Crippen MR) is 99.3 cm³/mol. The van der Waals surface area contributed by atoms with Crippen LogP contribution < -0.4 is 10.6 Å². The number of anilines is 1. The number of urea groups is 1. The lowest BCUT2D eigenvalue weighted by atomic mass is 10.2. The SMILES string of the molecule is Cc1ccc(-n2nc(C(F)(F)F)cc2CNC(=O)Nc2ccc(CO)nc2)cc1F. The third kappa shape index (κ3) is 4.92. The van der Waals surface area contributed by atoms with Crippen LogP contribution in [0, 0.1) is 12.7 Å². The minimum Gasteiger partial charge on any atom is -0.390 e. The Bertz CT molecular complexity index is 1050. The molecule has 0 aliphatic carbocycles. The Morgan fingerprint density at radius 1 is 1.20 bits per heavy atom. The molecule has 30 heavy (non-hydrogen) atoms. The van der Waals surface area contributed by atoms with Gasteiger partial charge in [0.05, 0.1) is 42.1 Å². The molecule has 2 heterocycles. The fourth-order valence-electron chi connectivity index (χ4n) is 2.56. The number of halogens is 4. The van der Waals surface area contributed by atoms with Gasteiger partial charge >= 0.3 is 12.2 Å². The molecule has 158 valence electrons. The maximum Gasteiger partial charge on any atom is 0.435 e. The second-order valence-corrected chi connectivity index (χ2v) is 6.37. The minimum atomic E-state index is -4.70. The molecule has 3 rings (SSSR count). The van der Waals surface area contributed by atoms with Crippen LogP contribution in [0.4, 0.5) is 28.0 Å². The van der Waals surface area contributed by atoms with E-state index in [2.05, 4.69) is 20.7 Å². The first kappa shape index (κ1) is 21.2. The van der Waals surface area contributed by atoms with Gasteiger partial charge in [0.2, 0.25) is 0 Å². The Kier molecular flexibility index (Phi) is 6.01. The number of pyridine rings is 1. The average molecular weight is 423 g/mol. The van der Waals surface area contributed by atoms with Gasteiger partial charge in [-0.3, -0.25) is 4.98 Å². The van der Waals surface area contributed by atoms with Gasteiger partial charge in [0.25, 0.3) is 0 Å². The van der Waals surface area contributed by atoms with Crippen molar-refractivity contribution in [1.29, 1.82) is 0 Å². The molecule has 0 radical (unpaired) electrons. The van der Waals surface area contributed by atoms with Crippen molar-refractivity contribution < 1.29 is 27.5 Å². The second-order valence-electron chi connectivity index (χ2n) is 6.37. The summed E-state index contributed by atoms with van der Waals surface area (Å²) in [6, 6.07) is 7.04. The fraction of sp³-hybridized carbons (Fsp3) is 0.211.